The fourth-order valence-electron chi connectivity index (χ4n) is 2.21. The lowest BCUT2D eigenvalue weighted by Crippen LogP contribution is -1.98. The first-order valence-electron chi connectivity index (χ1n) is 7.56. The van der Waals surface area contributed by atoms with Crippen molar-refractivity contribution in [3.63, 3.8) is 0 Å². The van der Waals surface area contributed by atoms with Gasteiger partial charge in [-0.1, -0.05) is 18.2 Å². The lowest BCUT2D eigenvalue weighted by molar-refractivity contribution is 0.104. The summed E-state index contributed by atoms with van der Waals surface area (Å²) in [6.45, 7) is 5.38. The number of rotatable bonds is 5. The van der Waals surface area contributed by atoms with Crippen LogP contribution < -0.4 is 0 Å². The maximum absolute atomic E-state index is 12.4. The van der Waals surface area contributed by atoms with E-state index < -0.39 is 28.6 Å². The molecule has 2 aromatic carbocycles. The Hall–Kier alpha value is -3.67. The Morgan fingerprint density at radius 2 is 1.62 bits per heavy atom. The molecule has 0 aliphatic carbocycles. The SMILES string of the molecule is C=C(C)/C=C/c1c(O)cc(O)c(C(=O)/C=C/c2ccc(O)cc2O)c1O. The van der Waals surface area contributed by atoms with Gasteiger partial charge < -0.3 is 25.5 Å². The number of phenols is 5. The summed E-state index contributed by atoms with van der Waals surface area (Å²) in [5, 5.41) is 49.1. The lowest BCUT2D eigenvalue weighted by Gasteiger charge is -2.09. The number of carbonyl (C=O) groups is 1. The van der Waals surface area contributed by atoms with E-state index in [1.807, 2.05) is 0 Å². The van der Waals surface area contributed by atoms with Crippen molar-refractivity contribution in [3.05, 3.63) is 65.3 Å². The van der Waals surface area contributed by atoms with E-state index in [4.69, 9.17) is 0 Å². The molecule has 5 N–H and O–H groups in total. The van der Waals surface area contributed by atoms with E-state index in [-0.39, 0.29) is 22.6 Å². The van der Waals surface area contributed by atoms with Gasteiger partial charge in [-0.25, -0.2) is 0 Å². The van der Waals surface area contributed by atoms with Gasteiger partial charge in [0.25, 0.3) is 0 Å². The van der Waals surface area contributed by atoms with Crippen LogP contribution >= 0.6 is 0 Å². The Morgan fingerprint density at radius 1 is 0.923 bits per heavy atom. The van der Waals surface area contributed by atoms with E-state index in [0.29, 0.717) is 5.57 Å². The van der Waals surface area contributed by atoms with Crippen molar-refractivity contribution in [1.29, 1.82) is 0 Å². The predicted octanol–water partition coefficient (Wildman–Crippen LogP) is 3.70. The van der Waals surface area contributed by atoms with Gasteiger partial charge in [0.2, 0.25) is 0 Å². The average molecular weight is 354 g/mol. The van der Waals surface area contributed by atoms with Gasteiger partial charge in [-0.05, 0) is 37.3 Å². The van der Waals surface area contributed by atoms with Crippen LogP contribution in [0.3, 0.4) is 0 Å². The molecule has 0 amide bonds. The Kier molecular flexibility index (Phi) is 5.37. The lowest BCUT2D eigenvalue weighted by atomic mass is 10.0. The summed E-state index contributed by atoms with van der Waals surface area (Å²) in [5.41, 5.74) is 0.498. The molecule has 6 heteroatoms. The summed E-state index contributed by atoms with van der Waals surface area (Å²) < 4.78 is 0. The van der Waals surface area contributed by atoms with Crippen molar-refractivity contribution in [3.8, 4) is 28.7 Å². The molecule has 0 saturated heterocycles. The number of phenolic OH excluding ortho intramolecular Hbond substituents is 5. The highest BCUT2D eigenvalue weighted by atomic mass is 16.3. The van der Waals surface area contributed by atoms with E-state index in [0.717, 1.165) is 18.2 Å². The molecule has 0 spiro atoms. The number of ketones is 1. The smallest absolute Gasteiger partial charge is 0.193 e. The fraction of sp³-hybridized carbons (Fsp3) is 0.0500. The van der Waals surface area contributed by atoms with Crippen molar-refractivity contribution in [2.75, 3.05) is 0 Å². The van der Waals surface area contributed by atoms with Crippen LogP contribution in [0, 0.1) is 0 Å². The maximum atomic E-state index is 12.4. The highest BCUT2D eigenvalue weighted by molar-refractivity contribution is 6.11. The van der Waals surface area contributed by atoms with Gasteiger partial charge in [0.05, 0.1) is 5.56 Å². The number of hydrogen-bond donors (Lipinski definition) is 5. The topological polar surface area (TPSA) is 118 Å². The van der Waals surface area contributed by atoms with Gasteiger partial charge in [-0.15, -0.1) is 0 Å². The molecule has 134 valence electrons. The summed E-state index contributed by atoms with van der Waals surface area (Å²) in [7, 11) is 0. The molecular formula is C20H18O6. The second kappa shape index (κ2) is 7.48. The van der Waals surface area contributed by atoms with E-state index in [1.54, 1.807) is 6.92 Å². The second-order valence-corrected chi connectivity index (χ2v) is 5.67. The van der Waals surface area contributed by atoms with Gasteiger partial charge in [-0.2, -0.15) is 0 Å². The van der Waals surface area contributed by atoms with E-state index in [2.05, 4.69) is 6.58 Å². The molecule has 6 nitrogen and oxygen atoms in total. The van der Waals surface area contributed by atoms with E-state index in [1.165, 1.54) is 30.4 Å². The normalized spacial score (nSPS) is 11.3. The first kappa shape index (κ1) is 18.7. The zero-order valence-corrected chi connectivity index (χ0v) is 14.0. The molecule has 0 heterocycles. The molecule has 0 unspecified atom stereocenters. The fourth-order valence-corrected chi connectivity index (χ4v) is 2.21. The van der Waals surface area contributed by atoms with E-state index >= 15 is 0 Å². The number of benzene rings is 2. The third kappa shape index (κ3) is 4.05. The number of allylic oxidation sites excluding steroid dienone is 3. The first-order chi connectivity index (χ1) is 12.2. The number of aromatic hydroxyl groups is 5. The monoisotopic (exact) mass is 354 g/mol. The van der Waals surface area contributed by atoms with Gasteiger partial charge >= 0.3 is 0 Å². The zero-order valence-electron chi connectivity index (χ0n) is 14.0. The average Bonchev–Trinajstić information content (AvgIpc) is 2.53. The molecule has 0 aliphatic rings. The Balaban J connectivity index is 2.43. The standard InChI is InChI=1S/C20H18O6/c1-11(2)3-7-14-17(24)10-18(25)19(20(14)26)15(22)8-5-12-4-6-13(21)9-16(12)23/h3-10,21,23-26H,1H2,2H3/b7-3+,8-5+. The van der Waals surface area contributed by atoms with Crippen LogP contribution in [0.25, 0.3) is 12.2 Å². The summed E-state index contributed by atoms with van der Waals surface area (Å²) >= 11 is 0. The summed E-state index contributed by atoms with van der Waals surface area (Å²) in [6, 6.07) is 4.79. The van der Waals surface area contributed by atoms with Gasteiger partial charge in [-0.3, -0.25) is 4.79 Å². The highest BCUT2D eigenvalue weighted by Gasteiger charge is 2.20. The first-order valence-corrected chi connectivity index (χ1v) is 7.56. The zero-order chi connectivity index (χ0) is 19.4. The minimum atomic E-state index is -0.738. The molecule has 2 rings (SSSR count). The minimum Gasteiger partial charge on any atom is -0.508 e. The van der Waals surface area contributed by atoms with E-state index in [9.17, 15) is 30.3 Å². The summed E-state index contributed by atoms with van der Waals surface area (Å²) in [5.74, 6) is -2.67. The number of carbonyl (C=O) groups excluding carboxylic acids is 1. The molecular weight excluding hydrogens is 336 g/mol. The molecule has 0 bridgehead atoms. The second-order valence-electron chi connectivity index (χ2n) is 5.67. The van der Waals surface area contributed by atoms with Crippen LogP contribution in [0.15, 0.2) is 48.6 Å². The van der Waals surface area contributed by atoms with Crippen LogP contribution in [0.1, 0.15) is 28.4 Å². The number of hydrogen-bond acceptors (Lipinski definition) is 6. The van der Waals surface area contributed by atoms with Crippen molar-refractivity contribution >= 4 is 17.9 Å². The molecule has 0 aromatic heterocycles. The van der Waals surface area contributed by atoms with Gasteiger partial charge in [0, 0.05) is 17.7 Å². The summed E-state index contributed by atoms with van der Waals surface area (Å²) in [4.78, 5) is 12.4. The Morgan fingerprint density at radius 3 is 2.23 bits per heavy atom. The third-order valence-electron chi connectivity index (χ3n) is 3.51. The molecule has 0 atom stereocenters. The molecule has 26 heavy (non-hydrogen) atoms. The Bertz CT molecular complexity index is 938. The molecule has 2 aromatic rings. The molecule has 0 radical (unpaired) electrons. The Labute approximate surface area is 149 Å². The minimum absolute atomic E-state index is 0.0324. The molecule has 0 aliphatic heterocycles. The van der Waals surface area contributed by atoms with Gasteiger partial charge in [0.1, 0.15) is 34.3 Å². The third-order valence-corrected chi connectivity index (χ3v) is 3.51. The van der Waals surface area contributed by atoms with Gasteiger partial charge in [0.15, 0.2) is 5.78 Å². The van der Waals surface area contributed by atoms with Crippen LogP contribution in [0.2, 0.25) is 0 Å². The maximum Gasteiger partial charge on any atom is 0.193 e. The molecule has 0 saturated carbocycles. The van der Waals surface area contributed by atoms with Crippen molar-refractivity contribution in [2.45, 2.75) is 6.92 Å². The van der Waals surface area contributed by atoms with Crippen molar-refractivity contribution in [1.82, 2.24) is 0 Å². The largest absolute Gasteiger partial charge is 0.508 e. The van der Waals surface area contributed by atoms with Crippen molar-refractivity contribution < 1.29 is 30.3 Å². The van der Waals surface area contributed by atoms with Crippen LogP contribution in [-0.2, 0) is 0 Å². The van der Waals surface area contributed by atoms with Crippen LogP contribution in [0.5, 0.6) is 28.7 Å². The van der Waals surface area contributed by atoms with Crippen molar-refractivity contribution in [2.24, 2.45) is 0 Å². The quantitative estimate of drug-likeness (QED) is 0.317. The summed E-state index contributed by atoms with van der Waals surface area (Å²) in [6.07, 6.45) is 5.22. The van der Waals surface area contributed by atoms with Crippen LogP contribution in [-0.4, -0.2) is 31.3 Å². The van der Waals surface area contributed by atoms with Crippen LogP contribution in [0.4, 0.5) is 0 Å². The molecule has 0 fully saturated rings. The predicted molar refractivity (Wildman–Crippen MR) is 98.4 cm³/mol. The highest BCUT2D eigenvalue weighted by Crippen LogP contribution is 2.39.